The van der Waals surface area contributed by atoms with Gasteiger partial charge in [0.1, 0.15) is 85.1 Å². The summed E-state index contributed by atoms with van der Waals surface area (Å²) >= 11 is 0. The fourth-order valence-corrected chi connectivity index (χ4v) is 10.1. The number of esters is 1. The molecule has 4 aliphatic heterocycles. The molecule has 0 saturated carbocycles. The fourth-order valence-electron chi connectivity index (χ4n) is 10.1. The molecule has 0 spiro atoms. The van der Waals surface area contributed by atoms with E-state index in [2.05, 4.69) is 26.6 Å². The third-order valence-electron chi connectivity index (χ3n) is 14.4. The lowest BCUT2D eigenvalue weighted by Crippen LogP contribution is -2.71. The van der Waals surface area contributed by atoms with E-state index < -0.39 is 238 Å². The highest BCUT2D eigenvalue weighted by atomic mass is 19.1. The van der Waals surface area contributed by atoms with Crippen LogP contribution >= 0.6 is 0 Å². The monoisotopic (exact) mass is 1240 g/mol. The number of carbonyl (C=O) groups excluding carboxylic acids is 6. The van der Waals surface area contributed by atoms with Crippen molar-refractivity contribution in [3.8, 4) is 0 Å². The molecule has 0 aliphatic carbocycles. The quantitative estimate of drug-likeness (QED) is 0.0383. The Morgan fingerprint density at radius 3 is 1.67 bits per heavy atom. The number of nitrogens with one attached hydrogen (secondary N) is 5. The van der Waals surface area contributed by atoms with Gasteiger partial charge < -0.3 is 136 Å². The van der Waals surface area contributed by atoms with Crippen LogP contribution in [0.1, 0.15) is 57.8 Å². The highest BCUT2D eigenvalue weighted by molar-refractivity contribution is 5.94. The maximum atomic E-state index is 13.5. The molecule has 0 unspecified atom stereocenters. The molecule has 18 N–H and O–H groups in total. The van der Waals surface area contributed by atoms with Gasteiger partial charge in [-0.05, 0) is 31.2 Å². The van der Waals surface area contributed by atoms with Gasteiger partial charge in [0.25, 0.3) is 17.5 Å². The maximum absolute atomic E-state index is 13.5. The highest BCUT2D eigenvalue weighted by Gasteiger charge is 2.62. The molecule has 0 bridgehead atoms. The Labute approximate surface area is 487 Å². The summed E-state index contributed by atoms with van der Waals surface area (Å²) in [6.45, 7) is 0.638. The summed E-state index contributed by atoms with van der Waals surface area (Å²) in [6, 6.07) is -2.94. The molecule has 5 amide bonds. The summed E-state index contributed by atoms with van der Waals surface area (Å²) in [5.74, 6) is -16.8. The van der Waals surface area contributed by atoms with Crippen LogP contribution in [0.4, 0.5) is 4.39 Å². The minimum absolute atomic E-state index is 0.0870. The van der Waals surface area contributed by atoms with E-state index in [4.69, 9.17) is 42.6 Å². The van der Waals surface area contributed by atoms with Gasteiger partial charge in [-0.15, -0.1) is 0 Å². The average Bonchev–Trinajstić information content (AvgIpc) is 0.977. The van der Waals surface area contributed by atoms with E-state index in [1.165, 1.54) is 6.92 Å². The molecule has 0 radical (unpaired) electrons. The Hall–Kier alpha value is -5.85. The summed E-state index contributed by atoms with van der Waals surface area (Å²) in [5, 5.41) is 156. The maximum Gasteiger partial charge on any atom is 0.364 e. The van der Waals surface area contributed by atoms with E-state index in [0.29, 0.717) is 0 Å². The van der Waals surface area contributed by atoms with Crippen LogP contribution in [0.3, 0.4) is 0 Å². The second-order valence-corrected chi connectivity index (χ2v) is 20.8. The lowest BCUT2D eigenvalue weighted by atomic mass is 9.88. The van der Waals surface area contributed by atoms with Gasteiger partial charge in [0.05, 0.1) is 63.4 Å². The van der Waals surface area contributed by atoms with Gasteiger partial charge in [-0.1, -0.05) is 0 Å². The van der Waals surface area contributed by atoms with Gasteiger partial charge in [-0.2, -0.15) is 0 Å². The van der Waals surface area contributed by atoms with E-state index in [1.54, 1.807) is 0 Å². The number of amides is 5. The topological polar surface area (TPSA) is 543 Å². The minimum atomic E-state index is -3.28. The van der Waals surface area contributed by atoms with Crippen LogP contribution in [-0.4, -0.2) is 293 Å². The van der Waals surface area contributed by atoms with Crippen molar-refractivity contribution in [2.45, 2.75) is 193 Å². The van der Waals surface area contributed by atoms with Crippen molar-refractivity contribution in [2.24, 2.45) is 0 Å². The van der Waals surface area contributed by atoms with Crippen molar-refractivity contribution in [1.29, 1.82) is 0 Å². The van der Waals surface area contributed by atoms with Crippen molar-refractivity contribution >= 4 is 47.4 Å². The molecule has 4 saturated heterocycles. The van der Waals surface area contributed by atoms with Crippen molar-refractivity contribution in [3.63, 3.8) is 0 Å². The number of ether oxygens (including phenoxy) is 9. The summed E-state index contributed by atoms with van der Waals surface area (Å²) in [5.41, 5.74) is -0.0870. The molecule has 1 aromatic carbocycles. The lowest BCUT2D eigenvalue weighted by molar-refractivity contribution is -0.383. The molecule has 4 fully saturated rings. The number of halogens is 1. The molecular formula is C50H74FN5O30. The third-order valence-corrected chi connectivity index (χ3v) is 14.4. The molecule has 486 valence electrons. The van der Waals surface area contributed by atoms with Gasteiger partial charge >= 0.3 is 17.9 Å². The SMILES string of the molecule is COC(=O)[C@@H](NC(C)=O)[C@@H](C)O[C@H]1O[C@H](CO[C@]2(C(=O)O)C[C@H](O)[C@@H](NC(C)=O)[C@H]([C@H](O)[C@H](O)CNC(=O)c3ccc(F)cc3)O2)[C@H](O)[C@H](O[C@@H]2O[C@H](CO)[C@H](O)[C@H](O[C@]3(C(=O)O)C[C@H](O)[C@@H](NC(C)=O)[C@H]([C@H](O)[C@H](O)CO)O3)[C@H]2O)[C@H]1NC(C)=O. The van der Waals surface area contributed by atoms with Gasteiger partial charge in [-0.25, -0.2) is 18.8 Å². The van der Waals surface area contributed by atoms with Gasteiger partial charge in [-0.3, -0.25) is 24.0 Å². The number of hydrogen-bond acceptors (Lipinski definition) is 28. The fraction of sp³-hybridized carbons (Fsp3) is 0.720. The van der Waals surface area contributed by atoms with Crippen LogP contribution in [0, 0.1) is 5.82 Å². The number of carboxylic acid groups (broad SMARTS) is 2. The molecular weight excluding hydrogens is 1170 g/mol. The van der Waals surface area contributed by atoms with Crippen LogP contribution in [0.15, 0.2) is 24.3 Å². The number of aliphatic hydroxyl groups is 11. The average molecular weight is 1240 g/mol. The van der Waals surface area contributed by atoms with Crippen LogP contribution in [-0.2, 0) is 76.2 Å². The predicted molar refractivity (Wildman–Crippen MR) is 273 cm³/mol. The standard InChI is InChI=1S/C50H74FN5O30/c1-17(30(44(73)78-6)53-18(2)59)80-45-33(56-21(5)62)39(83-46-38(71)42(36(69)28(15-58)81-46)86-50(48(76)77)12-25(64)32(55-20(4)61)41(85-50)35(68)27(66)14-57)37(70)29(82-45)16-79-49(47(74)75)11-24(63)31(54-19(3)60)40(84-49)34(67)26(65)13-52-43(72)22-7-9-23(51)10-8-22/h7-10,17,24-42,45-46,57-58,63-71H,11-16H2,1-6H3,(H,52,72)(H,53,59)(H,54,60)(H,55,61)(H,56,62)(H,74,75)(H,76,77)/t17-,24+,25+,26-,27-,28-,29-,30+,31-,32-,33-,34-,35-,36+,37+,38-,39-,40-,41-,42+,45+,46+,49-,50+/m1/s1. The van der Waals surface area contributed by atoms with E-state index >= 15 is 0 Å². The van der Waals surface area contributed by atoms with E-state index in [9.17, 15) is 109 Å². The number of aliphatic hydroxyl groups excluding tert-OH is 11. The molecule has 4 aliphatic rings. The van der Waals surface area contributed by atoms with Gasteiger partial charge in [0.2, 0.25) is 23.6 Å². The smallest absolute Gasteiger partial charge is 0.364 e. The molecule has 86 heavy (non-hydrogen) atoms. The van der Waals surface area contributed by atoms with Crippen LogP contribution < -0.4 is 26.6 Å². The summed E-state index contributed by atoms with van der Waals surface area (Å²) in [4.78, 5) is 102. The third kappa shape index (κ3) is 16.9. The number of carbonyl (C=O) groups is 8. The largest absolute Gasteiger partial charge is 0.477 e. The van der Waals surface area contributed by atoms with Gasteiger partial charge in [0.15, 0.2) is 18.6 Å². The predicted octanol–water partition coefficient (Wildman–Crippen LogP) is -9.24. The van der Waals surface area contributed by atoms with Crippen molar-refractivity contribution < 1.29 is 152 Å². The first kappa shape index (κ1) is 70.9. The number of benzene rings is 1. The summed E-state index contributed by atoms with van der Waals surface area (Å²) < 4.78 is 65.4. The van der Waals surface area contributed by atoms with Crippen LogP contribution in [0.25, 0.3) is 0 Å². The molecule has 36 heteroatoms. The zero-order valence-electron chi connectivity index (χ0n) is 46.9. The first-order valence-electron chi connectivity index (χ1n) is 26.6. The van der Waals surface area contributed by atoms with E-state index in [-0.39, 0.29) is 5.56 Å². The first-order chi connectivity index (χ1) is 40.2. The zero-order chi connectivity index (χ0) is 64.4. The Morgan fingerprint density at radius 1 is 0.674 bits per heavy atom. The zero-order valence-corrected chi connectivity index (χ0v) is 46.9. The number of carboxylic acids is 2. The Morgan fingerprint density at radius 2 is 1.17 bits per heavy atom. The number of methoxy groups -OCH3 is 1. The minimum Gasteiger partial charge on any atom is -0.477 e. The van der Waals surface area contributed by atoms with E-state index in [1.807, 2.05) is 0 Å². The van der Waals surface area contributed by atoms with Crippen molar-refractivity contribution in [1.82, 2.24) is 26.6 Å². The highest BCUT2D eigenvalue weighted by Crippen LogP contribution is 2.40. The van der Waals surface area contributed by atoms with Crippen LogP contribution in [0.5, 0.6) is 0 Å². The second kappa shape index (κ2) is 30.4. The second-order valence-electron chi connectivity index (χ2n) is 20.8. The molecule has 0 aromatic heterocycles. The van der Waals surface area contributed by atoms with E-state index in [0.717, 1.165) is 59.1 Å². The molecule has 35 nitrogen and oxygen atoms in total. The Balaban J connectivity index is 1.55. The lowest BCUT2D eigenvalue weighted by Gasteiger charge is -2.51. The van der Waals surface area contributed by atoms with Crippen LogP contribution in [0.2, 0.25) is 0 Å². The summed E-state index contributed by atoms with van der Waals surface area (Å²) in [7, 11) is 0.948. The molecule has 1 aromatic rings. The number of hydrogen-bond donors (Lipinski definition) is 18. The van der Waals surface area contributed by atoms with Gasteiger partial charge in [0, 0.05) is 52.6 Å². The Bertz CT molecular complexity index is 2530. The normalized spacial score (nSPS) is 35.0. The number of aliphatic carboxylic acids is 2. The Kier molecular flexibility index (Phi) is 25.0. The number of rotatable bonds is 26. The molecule has 4 heterocycles. The summed E-state index contributed by atoms with van der Waals surface area (Å²) in [6.07, 6.45) is -41.4. The molecule has 5 rings (SSSR count). The van der Waals surface area contributed by atoms with Crippen molar-refractivity contribution in [3.05, 3.63) is 35.6 Å². The molecule has 24 atom stereocenters. The van der Waals surface area contributed by atoms with Crippen molar-refractivity contribution in [2.75, 3.05) is 33.5 Å². The first-order valence-corrected chi connectivity index (χ1v) is 26.6.